The molecule has 0 heterocycles. The maximum absolute atomic E-state index is 12.2. The van der Waals surface area contributed by atoms with E-state index in [1.165, 1.54) is 0 Å². The highest BCUT2D eigenvalue weighted by Gasteiger charge is 2.33. The van der Waals surface area contributed by atoms with Crippen LogP contribution in [0, 0.1) is 11.5 Å². The van der Waals surface area contributed by atoms with Gasteiger partial charge in [-0.15, -0.1) is 11.5 Å². The largest absolute Gasteiger partial charge is 0.445 e. The van der Waals surface area contributed by atoms with Crippen LogP contribution in [-0.2, 0) is 20.9 Å². The zero-order valence-corrected chi connectivity index (χ0v) is 20.5. The van der Waals surface area contributed by atoms with Gasteiger partial charge in [-0.3, -0.25) is 9.59 Å². The first kappa shape index (κ1) is 27.2. The Morgan fingerprint density at radius 1 is 1.19 bits per heavy atom. The van der Waals surface area contributed by atoms with E-state index in [0.29, 0.717) is 0 Å². The lowest BCUT2D eigenvalue weighted by atomic mass is 10.1. The number of rotatable bonds is 9. The molecule has 8 nitrogen and oxygen atoms in total. The summed E-state index contributed by atoms with van der Waals surface area (Å²) in [4.78, 5) is 35.6. The minimum atomic E-state index is -1.84. The van der Waals surface area contributed by atoms with Crippen molar-refractivity contribution in [1.29, 1.82) is 0 Å². The molecular weight excluding hydrogens is 426 g/mol. The van der Waals surface area contributed by atoms with Crippen molar-refractivity contribution in [3.63, 3.8) is 0 Å². The van der Waals surface area contributed by atoms with Crippen LogP contribution in [0.25, 0.3) is 0 Å². The van der Waals surface area contributed by atoms with Crippen molar-refractivity contribution in [3.8, 4) is 11.5 Å². The molecule has 1 rings (SSSR count). The lowest BCUT2D eigenvalue weighted by Gasteiger charge is -2.31. The van der Waals surface area contributed by atoms with Crippen LogP contribution in [0.4, 0.5) is 4.79 Å². The summed E-state index contributed by atoms with van der Waals surface area (Å²) in [6, 6.07) is 8.20. The number of hydrogen-bond donors (Lipinski definition) is 4. The zero-order chi connectivity index (χ0) is 24.4. The van der Waals surface area contributed by atoms with Crippen LogP contribution in [0.15, 0.2) is 30.3 Å². The molecule has 0 aliphatic carbocycles. The molecule has 2 atom stereocenters. The van der Waals surface area contributed by atoms with Crippen LogP contribution >= 0.6 is 0 Å². The van der Waals surface area contributed by atoms with E-state index in [1.54, 1.807) is 0 Å². The average molecular weight is 462 g/mol. The second-order valence-electron chi connectivity index (χ2n) is 9.20. The number of amides is 3. The number of benzene rings is 1. The first-order valence-electron chi connectivity index (χ1n) is 10.5. The molecule has 1 aromatic carbocycles. The molecule has 0 radical (unpaired) electrons. The third-order valence-corrected chi connectivity index (χ3v) is 9.93. The van der Waals surface area contributed by atoms with Crippen molar-refractivity contribution < 1.29 is 24.2 Å². The van der Waals surface area contributed by atoms with Gasteiger partial charge >= 0.3 is 6.09 Å². The zero-order valence-electron chi connectivity index (χ0n) is 19.5. The molecule has 1 aromatic rings. The van der Waals surface area contributed by atoms with Crippen molar-refractivity contribution in [2.45, 2.75) is 70.5 Å². The fraction of sp³-hybridized carbons (Fsp3) is 0.522. The first-order valence-corrected chi connectivity index (χ1v) is 13.5. The predicted octanol–water partition coefficient (Wildman–Crippen LogP) is 2.08. The average Bonchev–Trinajstić information content (AvgIpc) is 2.69. The molecule has 5 N–H and O–H groups in total. The Bertz CT molecular complexity index is 841. The third-order valence-electron chi connectivity index (χ3n) is 5.38. The van der Waals surface area contributed by atoms with Gasteiger partial charge in [0.25, 0.3) is 0 Å². The van der Waals surface area contributed by atoms with Crippen LogP contribution in [0.1, 0.15) is 39.2 Å². The fourth-order valence-corrected chi connectivity index (χ4v) is 3.22. The highest BCUT2D eigenvalue weighted by molar-refractivity contribution is 6.87. The van der Waals surface area contributed by atoms with Gasteiger partial charge in [0.05, 0.1) is 12.5 Å². The highest BCUT2D eigenvalue weighted by Crippen LogP contribution is 2.35. The van der Waals surface area contributed by atoms with Crippen molar-refractivity contribution in [3.05, 3.63) is 35.9 Å². The van der Waals surface area contributed by atoms with Gasteiger partial charge in [0, 0.05) is 13.0 Å². The van der Waals surface area contributed by atoms with E-state index < -0.39 is 38.1 Å². The smallest absolute Gasteiger partial charge is 0.407 e. The van der Waals surface area contributed by atoms with E-state index in [1.807, 2.05) is 30.3 Å². The minimum Gasteiger partial charge on any atom is -0.445 e. The Morgan fingerprint density at radius 3 is 2.38 bits per heavy atom. The molecule has 176 valence electrons. The number of alkyl carbamates (subject to hydrolysis) is 1. The van der Waals surface area contributed by atoms with Crippen molar-refractivity contribution in [2.24, 2.45) is 5.73 Å². The Balaban J connectivity index is 2.45. The molecule has 0 bridgehead atoms. The molecule has 0 aliphatic heterocycles. The molecule has 0 spiro atoms. The van der Waals surface area contributed by atoms with Crippen molar-refractivity contribution in [2.75, 3.05) is 6.54 Å². The summed E-state index contributed by atoms with van der Waals surface area (Å²) in [6.07, 6.45) is -2.05. The SMILES string of the molecule is CC(C)(C)[Si](C)(C)C#CC[C@H](NC(=O)C[C@@H](O)CNC(=O)OCc1ccccc1)C(N)=O. The molecule has 32 heavy (non-hydrogen) atoms. The van der Waals surface area contributed by atoms with Crippen LogP contribution in [0.5, 0.6) is 0 Å². The van der Waals surface area contributed by atoms with E-state index in [2.05, 4.69) is 56.0 Å². The normalized spacial score (nSPS) is 13.2. The molecule has 0 unspecified atom stereocenters. The van der Waals surface area contributed by atoms with Crippen LogP contribution < -0.4 is 16.4 Å². The number of nitrogens with one attached hydrogen (secondary N) is 2. The van der Waals surface area contributed by atoms with Crippen molar-refractivity contribution >= 4 is 26.0 Å². The summed E-state index contributed by atoms with van der Waals surface area (Å²) in [5, 5.41) is 15.0. The Morgan fingerprint density at radius 2 is 1.81 bits per heavy atom. The topological polar surface area (TPSA) is 131 Å². The maximum atomic E-state index is 12.2. The number of carbonyl (C=O) groups excluding carboxylic acids is 3. The molecule has 0 aliphatic rings. The van der Waals surface area contributed by atoms with E-state index in [-0.39, 0.29) is 31.0 Å². The molecule has 0 saturated carbocycles. The van der Waals surface area contributed by atoms with E-state index in [4.69, 9.17) is 10.5 Å². The Kier molecular flexibility index (Phi) is 10.4. The number of aliphatic hydroxyl groups is 1. The number of nitrogens with two attached hydrogens (primary N) is 1. The van der Waals surface area contributed by atoms with E-state index >= 15 is 0 Å². The lowest BCUT2D eigenvalue weighted by molar-refractivity contribution is -0.128. The number of ether oxygens (including phenoxy) is 1. The summed E-state index contributed by atoms with van der Waals surface area (Å²) in [6.45, 7) is 10.6. The predicted molar refractivity (Wildman–Crippen MR) is 126 cm³/mol. The molecular formula is C23H35N3O5Si. The monoisotopic (exact) mass is 461 g/mol. The summed E-state index contributed by atoms with van der Waals surface area (Å²) in [7, 11) is -1.84. The summed E-state index contributed by atoms with van der Waals surface area (Å²) in [5.41, 5.74) is 9.49. The molecule has 9 heteroatoms. The number of aliphatic hydroxyl groups excluding tert-OH is 1. The van der Waals surface area contributed by atoms with Gasteiger partial charge in [-0.05, 0) is 10.6 Å². The quantitative estimate of drug-likeness (QED) is 0.330. The Hall–Kier alpha value is -2.83. The van der Waals surface area contributed by atoms with Crippen molar-refractivity contribution in [1.82, 2.24) is 10.6 Å². The van der Waals surface area contributed by atoms with Gasteiger partial charge in [0.15, 0.2) is 0 Å². The molecule has 0 saturated heterocycles. The number of hydrogen-bond acceptors (Lipinski definition) is 5. The highest BCUT2D eigenvalue weighted by atomic mass is 28.3. The summed E-state index contributed by atoms with van der Waals surface area (Å²) in [5.74, 6) is 1.75. The summed E-state index contributed by atoms with van der Waals surface area (Å²) < 4.78 is 5.04. The van der Waals surface area contributed by atoms with Crippen LogP contribution in [-0.4, -0.2) is 49.8 Å². The van der Waals surface area contributed by atoms with E-state index in [0.717, 1.165) is 5.56 Å². The first-order chi connectivity index (χ1) is 14.8. The van der Waals surface area contributed by atoms with Crippen LogP contribution in [0.2, 0.25) is 18.1 Å². The summed E-state index contributed by atoms with van der Waals surface area (Å²) >= 11 is 0. The van der Waals surface area contributed by atoms with Gasteiger partial charge in [0.1, 0.15) is 20.7 Å². The van der Waals surface area contributed by atoms with Gasteiger partial charge in [-0.1, -0.05) is 64.2 Å². The van der Waals surface area contributed by atoms with Gasteiger partial charge < -0.3 is 26.2 Å². The molecule has 0 fully saturated rings. The maximum Gasteiger partial charge on any atom is 0.407 e. The fourth-order valence-electron chi connectivity index (χ4n) is 2.30. The standard InChI is InChI=1S/C23H35N3O5Si/c1-23(2,3)32(4,5)13-9-12-19(21(24)29)26-20(28)14-18(27)15-25-22(30)31-16-17-10-7-6-8-11-17/h6-8,10-11,18-19,27H,12,14-16H2,1-5H3,(H2,24,29)(H,25,30)(H,26,28)/t18-,19+/m1/s1. The second kappa shape index (κ2) is 12.3. The molecule has 0 aromatic heterocycles. The van der Waals surface area contributed by atoms with Crippen LogP contribution in [0.3, 0.4) is 0 Å². The van der Waals surface area contributed by atoms with Gasteiger partial charge in [-0.25, -0.2) is 4.79 Å². The second-order valence-corrected chi connectivity index (χ2v) is 14.2. The Labute approximate surface area is 191 Å². The van der Waals surface area contributed by atoms with Gasteiger partial charge in [0.2, 0.25) is 11.8 Å². The minimum absolute atomic E-state index is 0.0742. The number of primary amides is 1. The lowest BCUT2D eigenvalue weighted by Crippen LogP contribution is -2.46. The number of carbonyl (C=O) groups is 3. The van der Waals surface area contributed by atoms with E-state index in [9.17, 15) is 19.5 Å². The van der Waals surface area contributed by atoms with Gasteiger partial charge in [-0.2, -0.15) is 0 Å². The third kappa shape index (κ3) is 9.98. The molecule has 3 amide bonds.